The zero-order valence-corrected chi connectivity index (χ0v) is 12.7. The Morgan fingerprint density at radius 3 is 2.86 bits per heavy atom. The van der Waals surface area contributed by atoms with Gasteiger partial charge in [-0.05, 0) is 20.4 Å². The van der Waals surface area contributed by atoms with Crippen molar-refractivity contribution in [3.63, 3.8) is 0 Å². The van der Waals surface area contributed by atoms with Crippen LogP contribution in [0.5, 0.6) is 0 Å². The molecular formula is C13H22N6O2. The van der Waals surface area contributed by atoms with Gasteiger partial charge in [0.15, 0.2) is 0 Å². The second kappa shape index (κ2) is 6.66. The molecule has 0 aromatic carbocycles. The van der Waals surface area contributed by atoms with Gasteiger partial charge in [-0.3, -0.25) is 10.1 Å². The minimum atomic E-state index is -0.391. The lowest BCUT2D eigenvalue weighted by Crippen LogP contribution is -2.51. The Morgan fingerprint density at radius 2 is 2.24 bits per heavy atom. The minimum Gasteiger partial charge on any atom is -0.364 e. The van der Waals surface area contributed by atoms with Crippen LogP contribution in [0, 0.1) is 10.1 Å². The van der Waals surface area contributed by atoms with E-state index in [0.717, 1.165) is 26.1 Å². The molecule has 0 amide bonds. The standard InChI is InChI=1S/C13H22N6O2/c1-4-5-14-12-11(19(20)21)13(16-9-15-12)18-7-6-17(3)8-10(18)2/h9-10H,4-8H2,1-3H3,(H,14,15,16). The van der Waals surface area contributed by atoms with Crippen molar-refractivity contribution in [3.8, 4) is 0 Å². The quantitative estimate of drug-likeness (QED) is 0.647. The monoisotopic (exact) mass is 294 g/mol. The van der Waals surface area contributed by atoms with Gasteiger partial charge in [0.05, 0.1) is 4.92 Å². The number of hydrogen-bond donors (Lipinski definition) is 1. The predicted molar refractivity (Wildman–Crippen MR) is 81.8 cm³/mol. The van der Waals surface area contributed by atoms with Crippen LogP contribution in [0.1, 0.15) is 20.3 Å². The molecule has 1 unspecified atom stereocenters. The topological polar surface area (TPSA) is 87.4 Å². The fourth-order valence-electron chi connectivity index (χ4n) is 2.57. The molecule has 1 fully saturated rings. The summed E-state index contributed by atoms with van der Waals surface area (Å²) in [5, 5.41) is 14.5. The third kappa shape index (κ3) is 3.38. The lowest BCUT2D eigenvalue weighted by Gasteiger charge is -2.38. The molecule has 116 valence electrons. The van der Waals surface area contributed by atoms with E-state index in [1.807, 2.05) is 11.8 Å². The molecular weight excluding hydrogens is 272 g/mol. The highest BCUT2D eigenvalue weighted by Crippen LogP contribution is 2.33. The van der Waals surface area contributed by atoms with E-state index >= 15 is 0 Å². The summed E-state index contributed by atoms with van der Waals surface area (Å²) in [7, 11) is 2.05. The molecule has 8 heteroatoms. The summed E-state index contributed by atoms with van der Waals surface area (Å²) in [6, 6.07) is 0.177. The van der Waals surface area contributed by atoms with Crippen LogP contribution in [0.25, 0.3) is 0 Å². The summed E-state index contributed by atoms with van der Waals surface area (Å²) >= 11 is 0. The van der Waals surface area contributed by atoms with Gasteiger partial charge >= 0.3 is 5.69 Å². The summed E-state index contributed by atoms with van der Waals surface area (Å²) in [5.74, 6) is 0.715. The molecule has 0 radical (unpaired) electrons. The summed E-state index contributed by atoms with van der Waals surface area (Å²) in [5.41, 5.74) is -0.0256. The number of hydrogen-bond acceptors (Lipinski definition) is 7. The Balaban J connectivity index is 2.36. The molecule has 1 atom stereocenters. The number of likely N-dealkylation sites (N-methyl/N-ethyl adjacent to an activating group) is 1. The number of nitrogens with one attached hydrogen (secondary N) is 1. The van der Waals surface area contributed by atoms with E-state index in [4.69, 9.17) is 0 Å². The van der Waals surface area contributed by atoms with Crippen molar-refractivity contribution in [1.82, 2.24) is 14.9 Å². The smallest absolute Gasteiger partial charge is 0.353 e. The first kappa shape index (κ1) is 15.4. The molecule has 1 aromatic heterocycles. The fraction of sp³-hybridized carbons (Fsp3) is 0.692. The van der Waals surface area contributed by atoms with Crippen LogP contribution < -0.4 is 10.2 Å². The van der Waals surface area contributed by atoms with E-state index in [2.05, 4.69) is 34.2 Å². The van der Waals surface area contributed by atoms with E-state index in [1.54, 1.807) is 0 Å². The Bertz CT molecular complexity index is 509. The highest BCUT2D eigenvalue weighted by Gasteiger charge is 2.31. The summed E-state index contributed by atoms with van der Waals surface area (Å²) in [6.45, 7) is 7.16. The van der Waals surface area contributed by atoms with E-state index in [1.165, 1.54) is 6.33 Å². The maximum absolute atomic E-state index is 11.5. The average molecular weight is 294 g/mol. The van der Waals surface area contributed by atoms with Crippen molar-refractivity contribution in [2.24, 2.45) is 0 Å². The van der Waals surface area contributed by atoms with Gasteiger partial charge < -0.3 is 15.1 Å². The Kier molecular flexibility index (Phi) is 4.89. The van der Waals surface area contributed by atoms with Gasteiger partial charge in [0, 0.05) is 32.2 Å². The number of piperazine rings is 1. The van der Waals surface area contributed by atoms with Crippen LogP contribution in [0.4, 0.5) is 17.3 Å². The van der Waals surface area contributed by atoms with Gasteiger partial charge in [0.25, 0.3) is 0 Å². The SMILES string of the molecule is CCCNc1ncnc(N2CCN(C)CC2C)c1[N+](=O)[O-]. The second-order valence-electron chi connectivity index (χ2n) is 5.38. The third-order valence-electron chi connectivity index (χ3n) is 3.63. The Morgan fingerprint density at radius 1 is 1.48 bits per heavy atom. The second-order valence-corrected chi connectivity index (χ2v) is 5.38. The molecule has 2 rings (SSSR count). The van der Waals surface area contributed by atoms with Crippen molar-refractivity contribution >= 4 is 17.3 Å². The Labute approximate surface area is 124 Å². The molecule has 8 nitrogen and oxygen atoms in total. The molecule has 1 N–H and O–H groups in total. The lowest BCUT2D eigenvalue weighted by atomic mass is 10.2. The molecule has 0 saturated carbocycles. The lowest BCUT2D eigenvalue weighted by molar-refractivity contribution is -0.383. The van der Waals surface area contributed by atoms with Crippen molar-refractivity contribution in [3.05, 3.63) is 16.4 Å². The van der Waals surface area contributed by atoms with Crippen molar-refractivity contribution < 1.29 is 4.92 Å². The van der Waals surface area contributed by atoms with Gasteiger partial charge in [-0.2, -0.15) is 0 Å². The normalized spacial score (nSPS) is 19.6. The predicted octanol–water partition coefficient (Wildman–Crippen LogP) is 1.35. The number of nitrogens with zero attached hydrogens (tertiary/aromatic N) is 5. The van der Waals surface area contributed by atoms with E-state index in [0.29, 0.717) is 18.2 Å². The number of anilines is 2. The molecule has 1 aliphatic heterocycles. The number of aromatic nitrogens is 2. The highest BCUT2D eigenvalue weighted by molar-refractivity contribution is 5.70. The van der Waals surface area contributed by atoms with Crippen molar-refractivity contribution in [2.45, 2.75) is 26.3 Å². The van der Waals surface area contributed by atoms with Crippen LogP contribution in [0.15, 0.2) is 6.33 Å². The first-order valence-electron chi connectivity index (χ1n) is 7.23. The number of rotatable bonds is 5. The van der Waals surface area contributed by atoms with Crippen LogP contribution in [-0.4, -0.2) is 59.1 Å². The minimum absolute atomic E-state index is 0.0256. The van der Waals surface area contributed by atoms with Crippen LogP contribution in [-0.2, 0) is 0 Å². The van der Waals surface area contributed by atoms with Crippen LogP contribution in [0.2, 0.25) is 0 Å². The van der Waals surface area contributed by atoms with Crippen LogP contribution in [0.3, 0.4) is 0 Å². The van der Waals surface area contributed by atoms with Crippen molar-refractivity contribution in [1.29, 1.82) is 0 Å². The highest BCUT2D eigenvalue weighted by atomic mass is 16.6. The summed E-state index contributed by atoms with van der Waals surface area (Å²) < 4.78 is 0. The molecule has 0 spiro atoms. The van der Waals surface area contributed by atoms with Gasteiger partial charge in [0.2, 0.25) is 11.6 Å². The number of nitro groups is 1. The zero-order chi connectivity index (χ0) is 15.4. The van der Waals surface area contributed by atoms with E-state index in [-0.39, 0.29) is 11.7 Å². The van der Waals surface area contributed by atoms with Gasteiger partial charge in [-0.1, -0.05) is 6.92 Å². The molecule has 1 saturated heterocycles. The average Bonchev–Trinajstić information content (AvgIpc) is 2.44. The first-order chi connectivity index (χ1) is 10.0. The largest absolute Gasteiger partial charge is 0.364 e. The maximum atomic E-state index is 11.5. The van der Waals surface area contributed by atoms with Crippen molar-refractivity contribution in [2.75, 3.05) is 43.4 Å². The molecule has 0 bridgehead atoms. The van der Waals surface area contributed by atoms with Gasteiger partial charge in [-0.15, -0.1) is 0 Å². The molecule has 21 heavy (non-hydrogen) atoms. The van der Waals surface area contributed by atoms with E-state index in [9.17, 15) is 10.1 Å². The molecule has 0 aliphatic carbocycles. The molecule has 1 aromatic rings. The third-order valence-corrected chi connectivity index (χ3v) is 3.63. The molecule has 1 aliphatic rings. The Hall–Kier alpha value is -1.96. The zero-order valence-electron chi connectivity index (χ0n) is 12.7. The van der Waals surface area contributed by atoms with Gasteiger partial charge in [0.1, 0.15) is 6.33 Å². The fourth-order valence-corrected chi connectivity index (χ4v) is 2.57. The van der Waals surface area contributed by atoms with Crippen LogP contribution >= 0.6 is 0 Å². The maximum Gasteiger partial charge on any atom is 0.353 e. The summed E-state index contributed by atoms with van der Waals surface area (Å²) in [6.07, 6.45) is 2.27. The summed E-state index contributed by atoms with van der Waals surface area (Å²) in [4.78, 5) is 23.5. The van der Waals surface area contributed by atoms with E-state index < -0.39 is 4.92 Å². The molecule has 2 heterocycles. The van der Waals surface area contributed by atoms with Gasteiger partial charge in [-0.25, -0.2) is 9.97 Å². The first-order valence-corrected chi connectivity index (χ1v) is 7.23.